The molecule has 0 fully saturated rings. The van der Waals surface area contributed by atoms with E-state index in [2.05, 4.69) is 39.7 Å². The maximum absolute atomic E-state index is 12.1. The van der Waals surface area contributed by atoms with E-state index >= 15 is 0 Å². The molecular formula is C22H26N4O3S. The maximum atomic E-state index is 12.1. The highest BCUT2D eigenvalue weighted by Gasteiger charge is 2.23. The number of carboxylic acid groups (broad SMARTS) is 1. The van der Waals surface area contributed by atoms with Crippen molar-refractivity contribution in [3.8, 4) is 11.1 Å². The van der Waals surface area contributed by atoms with Gasteiger partial charge in [-0.3, -0.25) is 4.79 Å². The van der Waals surface area contributed by atoms with Crippen molar-refractivity contribution >= 4 is 39.2 Å². The summed E-state index contributed by atoms with van der Waals surface area (Å²) in [5.74, 6) is -0.700. The average molecular weight is 427 g/mol. The van der Waals surface area contributed by atoms with Crippen LogP contribution < -0.4 is 10.6 Å². The van der Waals surface area contributed by atoms with Gasteiger partial charge in [-0.15, -0.1) is 11.3 Å². The zero-order valence-corrected chi connectivity index (χ0v) is 18.1. The third-order valence-corrected chi connectivity index (χ3v) is 5.86. The lowest BCUT2D eigenvalue weighted by atomic mass is 10.0. The van der Waals surface area contributed by atoms with Gasteiger partial charge in [0.15, 0.2) is 0 Å². The fourth-order valence-corrected chi connectivity index (χ4v) is 4.36. The van der Waals surface area contributed by atoms with E-state index in [0.29, 0.717) is 13.0 Å². The van der Waals surface area contributed by atoms with Crippen molar-refractivity contribution in [3.05, 3.63) is 41.5 Å². The minimum absolute atomic E-state index is 0.169. The Morgan fingerprint density at radius 1 is 1.17 bits per heavy atom. The van der Waals surface area contributed by atoms with E-state index < -0.39 is 12.0 Å². The van der Waals surface area contributed by atoms with Crippen LogP contribution in [0.5, 0.6) is 0 Å². The summed E-state index contributed by atoms with van der Waals surface area (Å²) in [5.41, 5.74) is 2.24. The molecule has 7 nitrogen and oxygen atoms in total. The minimum atomic E-state index is -1.01. The van der Waals surface area contributed by atoms with Crippen LogP contribution in [0.3, 0.4) is 0 Å². The number of aryl methyl sites for hydroxylation is 1. The summed E-state index contributed by atoms with van der Waals surface area (Å²) >= 11 is 1.63. The molecule has 2 heterocycles. The molecule has 8 heteroatoms. The summed E-state index contributed by atoms with van der Waals surface area (Å²) in [6.45, 7) is 6.17. The molecule has 0 aliphatic rings. The molecule has 0 bridgehead atoms. The zero-order chi connectivity index (χ0) is 21.7. The van der Waals surface area contributed by atoms with Crippen molar-refractivity contribution in [2.45, 2.75) is 39.7 Å². The largest absolute Gasteiger partial charge is 0.480 e. The number of hydrogen-bond donors (Lipinski definition) is 3. The number of hydrogen-bond acceptors (Lipinski definition) is 6. The number of aromatic nitrogens is 2. The van der Waals surface area contributed by atoms with Crippen molar-refractivity contribution in [3.63, 3.8) is 0 Å². The predicted molar refractivity (Wildman–Crippen MR) is 120 cm³/mol. The van der Waals surface area contributed by atoms with Crippen LogP contribution in [0, 0.1) is 12.8 Å². The fraction of sp³-hybridized carbons (Fsp3) is 0.364. The van der Waals surface area contributed by atoms with E-state index in [9.17, 15) is 14.7 Å². The number of nitrogens with zero attached hydrogens (tertiary/aromatic N) is 2. The molecular weight excluding hydrogens is 400 g/mol. The number of carboxylic acids is 1. The third-order valence-electron chi connectivity index (χ3n) is 4.85. The molecule has 3 aromatic rings. The third kappa shape index (κ3) is 4.94. The van der Waals surface area contributed by atoms with Crippen molar-refractivity contribution in [2.24, 2.45) is 5.92 Å². The topological polar surface area (TPSA) is 104 Å². The van der Waals surface area contributed by atoms with Gasteiger partial charge in [-0.1, -0.05) is 44.2 Å². The minimum Gasteiger partial charge on any atom is -0.480 e. The number of nitrogens with one attached hydrogen (secondary N) is 2. The normalized spacial score (nSPS) is 12.1. The Morgan fingerprint density at radius 2 is 1.90 bits per heavy atom. The van der Waals surface area contributed by atoms with Gasteiger partial charge >= 0.3 is 5.97 Å². The standard InChI is InChI=1S/C22H26N4O3S/c1-13(2)19(22(28)29)26-16(27)10-7-11-23-20-18-17(15-8-5-4-6-9-15)14(3)30-21(18)25-12-24-20/h4-6,8-9,12-13,19H,7,10-11H2,1-3H3,(H,26,27)(H,28,29)(H,23,24,25). The second-order valence-corrected chi connectivity index (χ2v) is 8.66. The van der Waals surface area contributed by atoms with Gasteiger partial charge in [-0.05, 0) is 24.8 Å². The second-order valence-electron chi connectivity index (χ2n) is 7.46. The maximum Gasteiger partial charge on any atom is 0.326 e. The van der Waals surface area contributed by atoms with Gasteiger partial charge in [0.2, 0.25) is 5.91 Å². The molecule has 1 aromatic carbocycles. The Balaban J connectivity index is 1.67. The van der Waals surface area contributed by atoms with Crippen LogP contribution in [0.25, 0.3) is 21.3 Å². The molecule has 0 saturated heterocycles. The van der Waals surface area contributed by atoms with Crippen molar-refractivity contribution in [1.82, 2.24) is 15.3 Å². The summed E-state index contributed by atoms with van der Waals surface area (Å²) in [5, 5.41) is 16.1. The lowest BCUT2D eigenvalue weighted by Gasteiger charge is -2.17. The Kier molecular flexibility index (Phi) is 6.99. The number of benzene rings is 1. The first-order valence-electron chi connectivity index (χ1n) is 9.94. The first-order chi connectivity index (χ1) is 14.4. The van der Waals surface area contributed by atoms with Gasteiger partial charge < -0.3 is 15.7 Å². The van der Waals surface area contributed by atoms with Crippen LogP contribution in [0.1, 0.15) is 31.6 Å². The summed E-state index contributed by atoms with van der Waals surface area (Å²) in [7, 11) is 0. The molecule has 3 N–H and O–H groups in total. The Morgan fingerprint density at radius 3 is 2.57 bits per heavy atom. The molecule has 0 aliphatic heterocycles. The SMILES string of the molecule is Cc1sc2ncnc(NCCCC(=O)NC(C(=O)O)C(C)C)c2c1-c1ccccc1. The van der Waals surface area contributed by atoms with Crippen LogP contribution in [0.2, 0.25) is 0 Å². The van der Waals surface area contributed by atoms with Crippen LogP contribution >= 0.6 is 11.3 Å². The molecule has 1 amide bonds. The van der Waals surface area contributed by atoms with Gasteiger partial charge in [-0.25, -0.2) is 14.8 Å². The Labute approximate surface area is 179 Å². The van der Waals surface area contributed by atoms with Gasteiger partial charge in [-0.2, -0.15) is 0 Å². The lowest BCUT2D eigenvalue weighted by molar-refractivity contribution is -0.143. The lowest BCUT2D eigenvalue weighted by Crippen LogP contribution is -2.44. The second kappa shape index (κ2) is 9.67. The number of fused-ring (bicyclic) bond motifs is 1. The molecule has 30 heavy (non-hydrogen) atoms. The fourth-order valence-electron chi connectivity index (χ4n) is 3.35. The average Bonchev–Trinajstić information content (AvgIpc) is 3.06. The first-order valence-corrected chi connectivity index (χ1v) is 10.8. The number of rotatable bonds is 9. The highest BCUT2D eigenvalue weighted by Crippen LogP contribution is 2.40. The van der Waals surface area contributed by atoms with E-state index in [-0.39, 0.29) is 18.2 Å². The number of thiophene rings is 1. The summed E-state index contributed by atoms with van der Waals surface area (Å²) < 4.78 is 0. The molecule has 0 spiro atoms. The van der Waals surface area contributed by atoms with Crippen molar-refractivity contribution < 1.29 is 14.7 Å². The van der Waals surface area contributed by atoms with Gasteiger partial charge in [0, 0.05) is 23.4 Å². The monoisotopic (exact) mass is 426 g/mol. The van der Waals surface area contributed by atoms with E-state index in [1.54, 1.807) is 31.5 Å². The van der Waals surface area contributed by atoms with E-state index in [1.165, 1.54) is 4.88 Å². The van der Waals surface area contributed by atoms with Gasteiger partial charge in [0.25, 0.3) is 0 Å². The first kappa shape index (κ1) is 21.7. The number of anilines is 1. The number of carbonyl (C=O) groups is 2. The van der Waals surface area contributed by atoms with Crippen molar-refractivity contribution in [1.29, 1.82) is 0 Å². The Bertz CT molecular complexity index is 1030. The molecule has 1 atom stereocenters. The summed E-state index contributed by atoms with van der Waals surface area (Å²) in [4.78, 5) is 34.3. The number of amides is 1. The number of aliphatic carboxylic acids is 1. The van der Waals surface area contributed by atoms with Crippen LogP contribution in [0.4, 0.5) is 5.82 Å². The summed E-state index contributed by atoms with van der Waals surface area (Å²) in [6.07, 6.45) is 2.35. The highest BCUT2D eigenvalue weighted by molar-refractivity contribution is 7.19. The van der Waals surface area contributed by atoms with Crippen LogP contribution in [-0.4, -0.2) is 39.5 Å². The quantitative estimate of drug-likeness (QED) is 0.445. The molecule has 158 valence electrons. The van der Waals surface area contributed by atoms with E-state index in [0.717, 1.165) is 27.2 Å². The van der Waals surface area contributed by atoms with E-state index in [4.69, 9.17) is 0 Å². The van der Waals surface area contributed by atoms with E-state index in [1.807, 2.05) is 18.2 Å². The van der Waals surface area contributed by atoms with Crippen LogP contribution in [0.15, 0.2) is 36.7 Å². The zero-order valence-electron chi connectivity index (χ0n) is 17.3. The molecule has 3 rings (SSSR count). The van der Waals surface area contributed by atoms with Crippen molar-refractivity contribution in [2.75, 3.05) is 11.9 Å². The predicted octanol–water partition coefficient (Wildman–Crippen LogP) is 4.08. The highest BCUT2D eigenvalue weighted by atomic mass is 32.1. The summed E-state index contributed by atoms with van der Waals surface area (Å²) in [6, 6.07) is 9.29. The van der Waals surface area contributed by atoms with Gasteiger partial charge in [0.05, 0.1) is 5.39 Å². The van der Waals surface area contributed by atoms with Crippen LogP contribution in [-0.2, 0) is 9.59 Å². The molecule has 0 saturated carbocycles. The smallest absolute Gasteiger partial charge is 0.326 e. The number of carbonyl (C=O) groups excluding carboxylic acids is 1. The molecule has 1 unspecified atom stereocenters. The van der Waals surface area contributed by atoms with Gasteiger partial charge in [0.1, 0.15) is 23.0 Å². The molecule has 0 aliphatic carbocycles. The molecule has 0 radical (unpaired) electrons. The Hall–Kier alpha value is -3.00. The molecule has 2 aromatic heterocycles.